The summed E-state index contributed by atoms with van der Waals surface area (Å²) < 4.78 is 2.52. The van der Waals surface area contributed by atoms with Gasteiger partial charge in [0.1, 0.15) is 0 Å². The van der Waals surface area contributed by atoms with Crippen LogP contribution in [0.25, 0.3) is 10.9 Å². The smallest absolute Gasteiger partial charge is 0.261 e. The second kappa shape index (κ2) is 6.91. The molecule has 2 aromatic carbocycles. The number of hydrogen-bond donors (Lipinski definition) is 1. The summed E-state index contributed by atoms with van der Waals surface area (Å²) in [6, 6.07) is 14.8. The van der Waals surface area contributed by atoms with Gasteiger partial charge in [0.05, 0.1) is 17.2 Å². The molecular weight excluding hydrogens is 405 g/mol. The lowest BCUT2D eigenvalue weighted by atomic mass is 10.2. The van der Waals surface area contributed by atoms with E-state index in [9.17, 15) is 9.59 Å². The molecule has 0 spiro atoms. The average molecular weight is 419 g/mol. The second-order valence-corrected chi connectivity index (χ2v) is 6.31. The largest absolute Gasteiger partial charge is 0.326 e. The molecule has 116 valence electrons. The first-order valence-electron chi connectivity index (χ1n) is 7.13. The SMILES string of the molecule is O=C(CCn1cnc2ccccc2c1=O)Nc1cccc(I)c1. The molecule has 1 N–H and O–H groups in total. The lowest BCUT2D eigenvalue weighted by Crippen LogP contribution is -2.23. The molecule has 3 rings (SSSR count). The normalized spacial score (nSPS) is 10.7. The first-order valence-corrected chi connectivity index (χ1v) is 8.21. The molecular formula is C17H14IN3O2. The second-order valence-electron chi connectivity index (χ2n) is 5.07. The molecule has 0 fully saturated rings. The molecule has 0 saturated heterocycles. The molecule has 1 heterocycles. The zero-order valence-electron chi connectivity index (χ0n) is 12.2. The number of para-hydroxylation sites is 1. The highest BCUT2D eigenvalue weighted by Crippen LogP contribution is 2.12. The van der Waals surface area contributed by atoms with Crippen molar-refractivity contribution in [1.82, 2.24) is 9.55 Å². The molecule has 23 heavy (non-hydrogen) atoms. The number of anilines is 1. The van der Waals surface area contributed by atoms with Crippen LogP contribution in [-0.2, 0) is 11.3 Å². The predicted octanol–water partition coefficient (Wildman–Crippen LogP) is 3.03. The van der Waals surface area contributed by atoms with E-state index < -0.39 is 0 Å². The van der Waals surface area contributed by atoms with E-state index in [0.29, 0.717) is 17.4 Å². The molecule has 0 radical (unpaired) electrons. The van der Waals surface area contributed by atoms with Crippen LogP contribution in [-0.4, -0.2) is 15.5 Å². The third kappa shape index (κ3) is 3.76. The Morgan fingerprint density at radius 3 is 2.83 bits per heavy atom. The molecule has 0 unspecified atom stereocenters. The van der Waals surface area contributed by atoms with Gasteiger partial charge in [0.25, 0.3) is 5.56 Å². The molecule has 3 aromatic rings. The Bertz CT molecular complexity index is 921. The quantitative estimate of drug-likeness (QED) is 0.662. The molecule has 0 saturated carbocycles. The minimum Gasteiger partial charge on any atom is -0.326 e. The van der Waals surface area contributed by atoms with Gasteiger partial charge in [0, 0.05) is 22.2 Å². The fourth-order valence-electron chi connectivity index (χ4n) is 2.28. The number of fused-ring (bicyclic) bond motifs is 1. The van der Waals surface area contributed by atoms with Gasteiger partial charge in [0.2, 0.25) is 5.91 Å². The van der Waals surface area contributed by atoms with Crippen LogP contribution in [0.4, 0.5) is 5.69 Å². The van der Waals surface area contributed by atoms with Gasteiger partial charge in [-0.25, -0.2) is 4.98 Å². The summed E-state index contributed by atoms with van der Waals surface area (Å²) in [6.07, 6.45) is 1.70. The molecule has 0 bridgehead atoms. The Morgan fingerprint density at radius 2 is 2.00 bits per heavy atom. The van der Waals surface area contributed by atoms with Crippen molar-refractivity contribution < 1.29 is 4.79 Å². The summed E-state index contributed by atoms with van der Waals surface area (Å²) in [5.74, 6) is -0.132. The molecule has 1 amide bonds. The van der Waals surface area contributed by atoms with E-state index in [1.165, 1.54) is 10.9 Å². The van der Waals surface area contributed by atoms with E-state index in [0.717, 1.165) is 9.26 Å². The van der Waals surface area contributed by atoms with Gasteiger partial charge in [0.15, 0.2) is 0 Å². The number of aromatic nitrogens is 2. The number of carbonyl (C=O) groups excluding carboxylic acids is 1. The summed E-state index contributed by atoms with van der Waals surface area (Å²) in [5.41, 5.74) is 1.29. The molecule has 0 aliphatic carbocycles. The number of rotatable bonds is 4. The van der Waals surface area contributed by atoms with Gasteiger partial charge in [-0.15, -0.1) is 0 Å². The molecule has 6 heteroatoms. The number of nitrogens with zero attached hydrogens (tertiary/aromatic N) is 2. The maximum atomic E-state index is 12.3. The van der Waals surface area contributed by atoms with Gasteiger partial charge in [-0.1, -0.05) is 18.2 Å². The Balaban J connectivity index is 1.70. The Morgan fingerprint density at radius 1 is 1.17 bits per heavy atom. The molecule has 0 aliphatic heterocycles. The Labute approximate surface area is 146 Å². The van der Waals surface area contributed by atoms with Gasteiger partial charge in [-0.05, 0) is 52.9 Å². The standard InChI is InChI=1S/C17H14IN3O2/c18-12-4-3-5-13(10-12)20-16(22)8-9-21-11-19-15-7-2-1-6-14(15)17(21)23/h1-7,10-11H,8-9H2,(H,20,22). The van der Waals surface area contributed by atoms with Crippen LogP contribution in [0.1, 0.15) is 6.42 Å². The maximum Gasteiger partial charge on any atom is 0.261 e. The van der Waals surface area contributed by atoms with Crippen LogP contribution in [0.15, 0.2) is 59.7 Å². The lowest BCUT2D eigenvalue weighted by Gasteiger charge is -2.08. The van der Waals surface area contributed by atoms with Crippen molar-refractivity contribution in [3.8, 4) is 0 Å². The van der Waals surface area contributed by atoms with Crippen LogP contribution in [0.3, 0.4) is 0 Å². The number of nitrogens with one attached hydrogen (secondary N) is 1. The Kier molecular flexibility index (Phi) is 4.71. The summed E-state index contributed by atoms with van der Waals surface area (Å²) in [4.78, 5) is 28.6. The van der Waals surface area contributed by atoms with Gasteiger partial charge in [-0.3, -0.25) is 14.2 Å². The minimum absolute atomic E-state index is 0.127. The van der Waals surface area contributed by atoms with E-state index in [4.69, 9.17) is 0 Å². The fourth-order valence-corrected chi connectivity index (χ4v) is 2.82. The van der Waals surface area contributed by atoms with Crippen LogP contribution in [0.5, 0.6) is 0 Å². The van der Waals surface area contributed by atoms with Crippen LogP contribution in [0.2, 0.25) is 0 Å². The summed E-state index contributed by atoms with van der Waals surface area (Å²) >= 11 is 2.19. The van der Waals surface area contributed by atoms with Crippen molar-refractivity contribution in [1.29, 1.82) is 0 Å². The minimum atomic E-state index is -0.132. The molecule has 0 atom stereocenters. The molecule has 1 aromatic heterocycles. The van der Waals surface area contributed by atoms with Crippen molar-refractivity contribution in [2.24, 2.45) is 0 Å². The number of amides is 1. The fraction of sp³-hybridized carbons (Fsp3) is 0.118. The van der Waals surface area contributed by atoms with E-state index in [1.54, 1.807) is 18.2 Å². The van der Waals surface area contributed by atoms with Crippen molar-refractivity contribution in [2.75, 3.05) is 5.32 Å². The van der Waals surface area contributed by atoms with Crippen molar-refractivity contribution >= 4 is 45.1 Å². The van der Waals surface area contributed by atoms with E-state index >= 15 is 0 Å². The zero-order valence-corrected chi connectivity index (χ0v) is 14.4. The number of halogens is 1. The number of aryl methyl sites for hydroxylation is 1. The number of benzene rings is 2. The van der Waals surface area contributed by atoms with Crippen molar-refractivity contribution in [2.45, 2.75) is 13.0 Å². The lowest BCUT2D eigenvalue weighted by molar-refractivity contribution is -0.116. The van der Waals surface area contributed by atoms with Crippen LogP contribution < -0.4 is 10.9 Å². The van der Waals surface area contributed by atoms with Crippen LogP contribution in [0, 0.1) is 3.57 Å². The summed E-state index contributed by atoms with van der Waals surface area (Å²) in [5, 5.41) is 3.39. The first kappa shape index (κ1) is 15.7. The number of carbonyl (C=O) groups is 1. The number of hydrogen-bond acceptors (Lipinski definition) is 3. The van der Waals surface area contributed by atoms with Gasteiger partial charge in [-0.2, -0.15) is 0 Å². The van der Waals surface area contributed by atoms with Crippen LogP contribution >= 0.6 is 22.6 Å². The van der Waals surface area contributed by atoms with Gasteiger partial charge >= 0.3 is 0 Å². The highest BCUT2D eigenvalue weighted by atomic mass is 127. The van der Waals surface area contributed by atoms with Gasteiger partial charge < -0.3 is 5.32 Å². The van der Waals surface area contributed by atoms with E-state index in [2.05, 4.69) is 32.9 Å². The monoisotopic (exact) mass is 419 g/mol. The predicted molar refractivity (Wildman–Crippen MR) is 98.4 cm³/mol. The summed E-state index contributed by atoms with van der Waals surface area (Å²) in [6.45, 7) is 0.298. The highest BCUT2D eigenvalue weighted by Gasteiger charge is 2.07. The van der Waals surface area contributed by atoms with E-state index in [-0.39, 0.29) is 17.9 Å². The third-order valence-corrected chi connectivity index (χ3v) is 4.09. The topological polar surface area (TPSA) is 64.0 Å². The van der Waals surface area contributed by atoms with Crippen molar-refractivity contribution in [3.05, 3.63) is 68.8 Å². The van der Waals surface area contributed by atoms with E-state index in [1.807, 2.05) is 30.3 Å². The third-order valence-electron chi connectivity index (χ3n) is 3.42. The Hall–Kier alpha value is -2.22. The average Bonchev–Trinajstić information content (AvgIpc) is 2.54. The molecule has 0 aliphatic rings. The molecule has 5 nitrogen and oxygen atoms in total. The first-order chi connectivity index (χ1) is 11.1. The maximum absolute atomic E-state index is 12.3. The zero-order chi connectivity index (χ0) is 16.2. The summed E-state index contributed by atoms with van der Waals surface area (Å²) in [7, 11) is 0. The van der Waals surface area contributed by atoms with Crippen molar-refractivity contribution in [3.63, 3.8) is 0 Å². The highest BCUT2D eigenvalue weighted by molar-refractivity contribution is 14.1.